The SMILES string of the molecule is Cc1ccc(NC(=O)C2CNCC(C)C2)cc1C(F)(F)F. The molecule has 0 spiro atoms. The fraction of sp³-hybridized carbons (Fsp3) is 0.533. The molecule has 0 bridgehead atoms. The van der Waals surface area contributed by atoms with Gasteiger partial charge >= 0.3 is 6.18 Å². The summed E-state index contributed by atoms with van der Waals surface area (Å²) in [6, 6.07) is 3.87. The summed E-state index contributed by atoms with van der Waals surface area (Å²) in [6.45, 7) is 4.88. The molecule has 1 heterocycles. The molecule has 1 amide bonds. The molecule has 1 aliphatic heterocycles. The Bertz CT molecular complexity index is 528. The minimum atomic E-state index is -4.41. The number of halogens is 3. The van der Waals surface area contributed by atoms with Crippen LogP contribution in [-0.4, -0.2) is 19.0 Å². The molecule has 0 radical (unpaired) electrons. The number of piperidine rings is 1. The molecule has 1 aliphatic rings. The van der Waals surface area contributed by atoms with Gasteiger partial charge in [0.05, 0.1) is 11.5 Å². The van der Waals surface area contributed by atoms with Gasteiger partial charge in [0, 0.05) is 12.2 Å². The Balaban J connectivity index is 2.11. The number of benzene rings is 1. The molecule has 2 rings (SSSR count). The second-order valence-electron chi connectivity index (χ2n) is 5.71. The molecule has 2 unspecified atom stereocenters. The van der Waals surface area contributed by atoms with E-state index < -0.39 is 11.7 Å². The number of alkyl halides is 3. The van der Waals surface area contributed by atoms with Crippen LogP contribution in [0, 0.1) is 18.8 Å². The van der Waals surface area contributed by atoms with Crippen molar-refractivity contribution in [3.05, 3.63) is 29.3 Å². The van der Waals surface area contributed by atoms with Gasteiger partial charge in [-0.2, -0.15) is 13.2 Å². The van der Waals surface area contributed by atoms with E-state index in [-0.39, 0.29) is 23.1 Å². The molecule has 3 nitrogen and oxygen atoms in total. The standard InChI is InChI=1S/C15H19F3N2O/c1-9-5-11(8-19-7-9)14(21)20-12-4-3-10(2)13(6-12)15(16,17)18/h3-4,6,9,11,19H,5,7-8H2,1-2H3,(H,20,21). The van der Waals surface area contributed by atoms with Gasteiger partial charge in [0.25, 0.3) is 0 Å². The zero-order valence-electron chi connectivity index (χ0n) is 12.1. The van der Waals surface area contributed by atoms with Crippen molar-refractivity contribution in [1.82, 2.24) is 5.32 Å². The Morgan fingerprint density at radius 2 is 2.05 bits per heavy atom. The number of amides is 1. The summed E-state index contributed by atoms with van der Waals surface area (Å²) in [6.07, 6.45) is -3.66. The fourth-order valence-electron chi connectivity index (χ4n) is 2.61. The molecule has 1 saturated heterocycles. The van der Waals surface area contributed by atoms with Crippen molar-refractivity contribution in [2.75, 3.05) is 18.4 Å². The van der Waals surface area contributed by atoms with Crippen molar-refractivity contribution in [1.29, 1.82) is 0 Å². The van der Waals surface area contributed by atoms with Crippen LogP contribution >= 0.6 is 0 Å². The maximum Gasteiger partial charge on any atom is 0.416 e. The van der Waals surface area contributed by atoms with Gasteiger partial charge in [0.2, 0.25) is 5.91 Å². The van der Waals surface area contributed by atoms with Crippen molar-refractivity contribution < 1.29 is 18.0 Å². The zero-order valence-corrected chi connectivity index (χ0v) is 12.1. The largest absolute Gasteiger partial charge is 0.416 e. The first-order chi connectivity index (χ1) is 9.77. The van der Waals surface area contributed by atoms with E-state index in [1.54, 1.807) is 0 Å². The number of anilines is 1. The van der Waals surface area contributed by atoms with E-state index in [0.717, 1.165) is 19.0 Å². The Labute approximate surface area is 121 Å². The lowest BCUT2D eigenvalue weighted by molar-refractivity contribution is -0.138. The predicted octanol–water partition coefficient (Wildman–Crippen LogP) is 3.20. The number of nitrogens with one attached hydrogen (secondary N) is 2. The average molecular weight is 300 g/mol. The van der Waals surface area contributed by atoms with Gasteiger partial charge in [-0.15, -0.1) is 0 Å². The van der Waals surface area contributed by atoms with Crippen molar-refractivity contribution in [2.24, 2.45) is 11.8 Å². The van der Waals surface area contributed by atoms with Gasteiger partial charge in [-0.25, -0.2) is 0 Å². The number of rotatable bonds is 2. The van der Waals surface area contributed by atoms with Crippen LogP contribution in [0.1, 0.15) is 24.5 Å². The molecule has 0 saturated carbocycles. The van der Waals surface area contributed by atoms with Crippen LogP contribution in [0.4, 0.5) is 18.9 Å². The number of aryl methyl sites for hydroxylation is 1. The second kappa shape index (κ2) is 6.05. The summed E-state index contributed by atoms with van der Waals surface area (Å²) in [4.78, 5) is 12.1. The van der Waals surface area contributed by atoms with Crippen LogP contribution in [0.2, 0.25) is 0 Å². The normalized spacial score (nSPS) is 22.9. The molecular weight excluding hydrogens is 281 g/mol. The lowest BCUT2D eigenvalue weighted by Gasteiger charge is -2.27. The van der Waals surface area contributed by atoms with Crippen molar-refractivity contribution in [2.45, 2.75) is 26.4 Å². The Morgan fingerprint density at radius 1 is 1.33 bits per heavy atom. The van der Waals surface area contributed by atoms with Gasteiger partial charge in [-0.05, 0) is 43.5 Å². The smallest absolute Gasteiger partial charge is 0.326 e. The number of hydrogen-bond acceptors (Lipinski definition) is 2. The van der Waals surface area contributed by atoms with Crippen LogP contribution in [0.15, 0.2) is 18.2 Å². The summed E-state index contributed by atoms with van der Waals surface area (Å²) < 4.78 is 38.5. The highest BCUT2D eigenvalue weighted by Gasteiger charge is 2.33. The van der Waals surface area contributed by atoms with Gasteiger partial charge in [0.15, 0.2) is 0 Å². The van der Waals surface area contributed by atoms with E-state index in [2.05, 4.69) is 10.6 Å². The monoisotopic (exact) mass is 300 g/mol. The lowest BCUT2D eigenvalue weighted by atomic mass is 9.91. The number of carbonyl (C=O) groups excluding carboxylic acids is 1. The molecular formula is C15H19F3N2O. The minimum absolute atomic E-state index is 0.147. The van der Waals surface area contributed by atoms with Crippen molar-refractivity contribution in [3.8, 4) is 0 Å². The third kappa shape index (κ3) is 3.97. The summed E-state index contributed by atoms with van der Waals surface area (Å²) in [5.41, 5.74) is -0.375. The van der Waals surface area contributed by atoms with Crippen molar-refractivity contribution >= 4 is 11.6 Å². The van der Waals surface area contributed by atoms with Crippen LogP contribution in [0.25, 0.3) is 0 Å². The maximum atomic E-state index is 12.8. The quantitative estimate of drug-likeness (QED) is 0.880. The zero-order chi connectivity index (χ0) is 15.6. The number of hydrogen-bond donors (Lipinski definition) is 2. The van der Waals surface area contributed by atoms with E-state index in [1.807, 2.05) is 6.92 Å². The second-order valence-corrected chi connectivity index (χ2v) is 5.71. The van der Waals surface area contributed by atoms with Crippen LogP contribution in [0.5, 0.6) is 0 Å². The number of carbonyl (C=O) groups is 1. The molecule has 6 heteroatoms. The third-order valence-electron chi connectivity index (χ3n) is 3.75. The average Bonchev–Trinajstić information content (AvgIpc) is 2.39. The molecule has 2 N–H and O–H groups in total. The molecule has 0 aromatic heterocycles. The molecule has 2 atom stereocenters. The fourth-order valence-corrected chi connectivity index (χ4v) is 2.61. The van der Waals surface area contributed by atoms with Gasteiger partial charge < -0.3 is 10.6 Å². The Morgan fingerprint density at radius 3 is 2.67 bits per heavy atom. The lowest BCUT2D eigenvalue weighted by Crippen LogP contribution is -2.40. The summed E-state index contributed by atoms with van der Waals surface area (Å²) in [5.74, 6) is -0.0475. The summed E-state index contributed by atoms with van der Waals surface area (Å²) in [5, 5.41) is 5.75. The van der Waals surface area contributed by atoms with Crippen LogP contribution < -0.4 is 10.6 Å². The van der Waals surface area contributed by atoms with Crippen LogP contribution in [-0.2, 0) is 11.0 Å². The topological polar surface area (TPSA) is 41.1 Å². The highest BCUT2D eigenvalue weighted by atomic mass is 19.4. The van der Waals surface area contributed by atoms with Gasteiger partial charge in [-0.1, -0.05) is 13.0 Å². The van der Waals surface area contributed by atoms with E-state index >= 15 is 0 Å². The van der Waals surface area contributed by atoms with Crippen molar-refractivity contribution in [3.63, 3.8) is 0 Å². The van der Waals surface area contributed by atoms with E-state index in [4.69, 9.17) is 0 Å². The highest BCUT2D eigenvalue weighted by Crippen LogP contribution is 2.33. The van der Waals surface area contributed by atoms with Gasteiger partial charge in [-0.3, -0.25) is 4.79 Å². The molecule has 116 valence electrons. The first-order valence-electron chi connectivity index (χ1n) is 6.97. The molecule has 21 heavy (non-hydrogen) atoms. The van der Waals surface area contributed by atoms with Crippen LogP contribution in [0.3, 0.4) is 0 Å². The Hall–Kier alpha value is -1.56. The van der Waals surface area contributed by atoms with E-state index in [0.29, 0.717) is 12.5 Å². The first kappa shape index (κ1) is 15.8. The molecule has 1 aromatic carbocycles. The molecule has 1 aromatic rings. The van der Waals surface area contributed by atoms with E-state index in [9.17, 15) is 18.0 Å². The molecule has 1 fully saturated rings. The predicted molar refractivity (Wildman–Crippen MR) is 75.0 cm³/mol. The summed E-state index contributed by atoms with van der Waals surface area (Å²) >= 11 is 0. The molecule has 0 aliphatic carbocycles. The van der Waals surface area contributed by atoms with E-state index in [1.165, 1.54) is 19.1 Å². The maximum absolute atomic E-state index is 12.8. The third-order valence-corrected chi connectivity index (χ3v) is 3.75. The Kier molecular flexibility index (Phi) is 4.56. The minimum Gasteiger partial charge on any atom is -0.326 e. The summed E-state index contributed by atoms with van der Waals surface area (Å²) in [7, 11) is 0. The highest BCUT2D eigenvalue weighted by molar-refractivity contribution is 5.92. The first-order valence-corrected chi connectivity index (χ1v) is 6.97. The van der Waals surface area contributed by atoms with Gasteiger partial charge in [0.1, 0.15) is 0 Å².